The van der Waals surface area contributed by atoms with Crippen LogP contribution in [0.25, 0.3) is 0 Å². The summed E-state index contributed by atoms with van der Waals surface area (Å²) < 4.78 is 18.1. The number of aliphatic hydroxyl groups is 3. The minimum absolute atomic E-state index is 0.0644. The van der Waals surface area contributed by atoms with Gasteiger partial charge in [0.05, 0.1) is 22.9 Å². The highest BCUT2D eigenvalue weighted by Gasteiger charge is 2.92. The first kappa shape index (κ1) is 24.9. The molecular weight excluding hydrogens is 496 g/mol. The molecule has 6 fully saturated rings. The Morgan fingerprint density at radius 3 is 2.37 bits per heavy atom. The van der Waals surface area contributed by atoms with Gasteiger partial charge in [0.2, 0.25) is 5.79 Å². The second-order valence-electron chi connectivity index (χ2n) is 13.5. The van der Waals surface area contributed by atoms with E-state index in [1.54, 1.807) is 26.8 Å². The van der Waals surface area contributed by atoms with Gasteiger partial charge >= 0.3 is 11.9 Å². The van der Waals surface area contributed by atoms with Gasteiger partial charge in [-0.05, 0) is 69.8 Å². The third-order valence-corrected chi connectivity index (χ3v) is 12.5. The smallest absolute Gasteiger partial charge is 0.342 e. The first-order valence-corrected chi connectivity index (χ1v) is 13.6. The van der Waals surface area contributed by atoms with Crippen molar-refractivity contribution in [3.05, 3.63) is 12.2 Å². The summed E-state index contributed by atoms with van der Waals surface area (Å²) in [4.78, 5) is 54.7. The Morgan fingerprint density at radius 2 is 1.66 bits per heavy atom. The lowest BCUT2D eigenvalue weighted by Crippen LogP contribution is -2.78. The number of carbonyl (C=O) groups excluding carboxylic acids is 4. The van der Waals surface area contributed by atoms with Crippen LogP contribution in [0.1, 0.15) is 66.2 Å². The Morgan fingerprint density at radius 1 is 0.974 bits per heavy atom. The van der Waals surface area contributed by atoms with E-state index in [1.165, 1.54) is 13.0 Å². The minimum Gasteiger partial charge on any atom is -0.458 e. The number of ketones is 2. The van der Waals surface area contributed by atoms with Crippen molar-refractivity contribution in [2.45, 2.75) is 101 Å². The van der Waals surface area contributed by atoms with Gasteiger partial charge in [-0.2, -0.15) is 0 Å². The first-order valence-electron chi connectivity index (χ1n) is 13.6. The molecule has 0 radical (unpaired) electrons. The number of esters is 2. The average Bonchev–Trinajstić information content (AvgIpc) is 3.19. The standard InChI is InChI=1S/C28H34O10/c1-13-20(31)36-17-12-22(13,2)18-19(30)27(35)15-7-10-25(33)9-5-6-16(29)23(25,3)14(15)8-11-26(34)21(32)37-24(17,4)28(18,26)38-27/h5-6,13-15,17-18,33-35H,7-12H2,1-4H3/t13-,14?,15?,17+,18?,22+,23-,24-,25-,26-,27+,28-/m0/s1. The summed E-state index contributed by atoms with van der Waals surface area (Å²) in [6, 6.07) is 0. The molecule has 10 heteroatoms. The summed E-state index contributed by atoms with van der Waals surface area (Å²) >= 11 is 0. The maximum atomic E-state index is 14.6. The van der Waals surface area contributed by atoms with Crippen molar-refractivity contribution < 1.29 is 48.7 Å². The highest BCUT2D eigenvalue weighted by molar-refractivity contribution is 6.00. The van der Waals surface area contributed by atoms with Gasteiger partial charge in [-0.25, -0.2) is 4.79 Å². The molecule has 0 aromatic rings. The van der Waals surface area contributed by atoms with Crippen LogP contribution in [0.3, 0.4) is 0 Å². The van der Waals surface area contributed by atoms with Crippen molar-refractivity contribution in [3.8, 4) is 0 Å². The first-order chi connectivity index (χ1) is 17.6. The normalized spacial score (nSPS) is 60.2. The van der Waals surface area contributed by atoms with Crippen LogP contribution in [0.5, 0.6) is 0 Å². The van der Waals surface area contributed by atoms with Crippen LogP contribution in [0.4, 0.5) is 0 Å². The van der Waals surface area contributed by atoms with Crippen LogP contribution in [0.15, 0.2) is 12.2 Å². The topological polar surface area (TPSA) is 157 Å². The number of carbonyl (C=O) groups is 4. The molecule has 3 unspecified atom stereocenters. The molecule has 7 aliphatic rings. The summed E-state index contributed by atoms with van der Waals surface area (Å²) in [5, 5.41) is 36.4. The highest BCUT2D eigenvalue weighted by atomic mass is 16.7. The Labute approximate surface area is 219 Å². The number of fused-ring (bicyclic) bond motifs is 9. The summed E-state index contributed by atoms with van der Waals surface area (Å²) in [5.74, 6) is -8.79. The molecule has 4 aliphatic heterocycles. The van der Waals surface area contributed by atoms with Crippen LogP contribution in [0.2, 0.25) is 0 Å². The van der Waals surface area contributed by atoms with Crippen molar-refractivity contribution in [3.63, 3.8) is 0 Å². The minimum atomic E-state index is -2.48. The second-order valence-corrected chi connectivity index (χ2v) is 13.5. The van der Waals surface area contributed by atoms with Gasteiger partial charge in [0, 0.05) is 5.92 Å². The zero-order valence-corrected chi connectivity index (χ0v) is 22.0. The van der Waals surface area contributed by atoms with E-state index >= 15 is 0 Å². The molecule has 4 saturated heterocycles. The van der Waals surface area contributed by atoms with Crippen molar-refractivity contribution in [2.24, 2.45) is 34.5 Å². The molecule has 4 bridgehead atoms. The molecule has 4 heterocycles. The van der Waals surface area contributed by atoms with Crippen molar-refractivity contribution in [1.82, 2.24) is 0 Å². The van der Waals surface area contributed by atoms with Crippen LogP contribution < -0.4 is 0 Å². The molecule has 10 nitrogen and oxygen atoms in total. The van der Waals surface area contributed by atoms with E-state index in [1.807, 2.05) is 0 Å². The third-order valence-electron chi connectivity index (χ3n) is 12.5. The van der Waals surface area contributed by atoms with Gasteiger partial charge < -0.3 is 29.5 Å². The van der Waals surface area contributed by atoms with Crippen molar-refractivity contribution in [1.29, 1.82) is 0 Å². The fourth-order valence-electron chi connectivity index (χ4n) is 9.98. The fraction of sp³-hybridized carbons (Fsp3) is 0.786. The molecule has 0 amide bonds. The lowest BCUT2D eigenvalue weighted by atomic mass is 9.46. The monoisotopic (exact) mass is 530 g/mol. The van der Waals surface area contributed by atoms with Crippen LogP contribution in [-0.2, 0) is 33.4 Å². The molecule has 3 aliphatic carbocycles. The van der Waals surface area contributed by atoms with Gasteiger partial charge in [0.15, 0.2) is 28.4 Å². The van der Waals surface area contributed by atoms with Crippen LogP contribution in [-0.4, -0.2) is 73.1 Å². The Hall–Kier alpha value is -2.14. The molecule has 2 saturated carbocycles. The number of ether oxygens (including phenoxy) is 3. The maximum absolute atomic E-state index is 14.6. The van der Waals surface area contributed by atoms with Crippen molar-refractivity contribution >= 4 is 23.5 Å². The Kier molecular flexibility index (Phi) is 4.31. The zero-order valence-electron chi connectivity index (χ0n) is 22.0. The predicted octanol–water partition coefficient (Wildman–Crippen LogP) is 0.734. The summed E-state index contributed by atoms with van der Waals surface area (Å²) in [7, 11) is 0. The van der Waals surface area contributed by atoms with Crippen LogP contribution in [0, 0.1) is 34.5 Å². The lowest BCUT2D eigenvalue weighted by molar-refractivity contribution is -0.352. The Bertz CT molecular complexity index is 1260. The molecule has 206 valence electrons. The number of Topliss-reactive ketones (excluding diaryl/α,β-unsaturated/α-hetero) is 1. The number of allylic oxidation sites excluding steroid dienone is 1. The SMILES string of the molecule is C[C@H]1C(=O)O[C@@H]2C[C@@]1(C)C1C(=O)[C@]3(O)O[C@]14[C@@]2(C)OC(=O)[C@@]4(O)CCC1C3CC[C@@]2(O)CC=CC(=O)[C@]12C. The van der Waals surface area contributed by atoms with E-state index in [2.05, 4.69) is 0 Å². The average molecular weight is 531 g/mol. The van der Waals surface area contributed by atoms with E-state index in [0.29, 0.717) is 0 Å². The lowest BCUT2D eigenvalue weighted by Gasteiger charge is -2.62. The highest BCUT2D eigenvalue weighted by Crippen LogP contribution is 2.73. The molecule has 1 spiro atoms. The molecule has 0 aromatic carbocycles. The van der Waals surface area contributed by atoms with Crippen molar-refractivity contribution in [2.75, 3.05) is 0 Å². The van der Waals surface area contributed by atoms with Gasteiger partial charge in [-0.3, -0.25) is 14.4 Å². The molecule has 3 N–H and O–H groups in total. The van der Waals surface area contributed by atoms with E-state index in [-0.39, 0.29) is 44.3 Å². The van der Waals surface area contributed by atoms with E-state index in [9.17, 15) is 34.5 Å². The molecule has 12 atom stereocenters. The van der Waals surface area contributed by atoms with E-state index < -0.39 is 86.5 Å². The molecule has 7 rings (SSSR count). The van der Waals surface area contributed by atoms with E-state index in [4.69, 9.17) is 14.2 Å². The maximum Gasteiger partial charge on any atom is 0.342 e. The quantitative estimate of drug-likeness (QED) is 0.382. The van der Waals surface area contributed by atoms with Gasteiger partial charge in [0.1, 0.15) is 6.10 Å². The Balaban J connectivity index is 1.49. The van der Waals surface area contributed by atoms with Gasteiger partial charge in [0.25, 0.3) is 0 Å². The van der Waals surface area contributed by atoms with E-state index in [0.717, 1.165) is 0 Å². The largest absolute Gasteiger partial charge is 0.458 e. The second kappa shape index (κ2) is 6.59. The number of hydrogen-bond acceptors (Lipinski definition) is 10. The number of rotatable bonds is 0. The fourth-order valence-corrected chi connectivity index (χ4v) is 9.98. The zero-order chi connectivity index (χ0) is 27.5. The summed E-state index contributed by atoms with van der Waals surface area (Å²) in [6.07, 6.45) is 2.69. The predicted molar refractivity (Wildman–Crippen MR) is 126 cm³/mol. The molecule has 0 aromatic heterocycles. The van der Waals surface area contributed by atoms with Gasteiger partial charge in [-0.1, -0.05) is 19.9 Å². The van der Waals surface area contributed by atoms with Crippen LogP contribution >= 0.6 is 0 Å². The summed E-state index contributed by atoms with van der Waals surface area (Å²) in [6.45, 7) is 6.55. The molecular formula is C28H34O10. The molecule has 38 heavy (non-hydrogen) atoms. The number of hydrogen-bond donors (Lipinski definition) is 3. The van der Waals surface area contributed by atoms with Gasteiger partial charge in [-0.15, -0.1) is 0 Å². The summed E-state index contributed by atoms with van der Waals surface area (Å²) in [5.41, 5.74) is -9.99. The third kappa shape index (κ3) is 2.17.